The fourth-order valence-electron chi connectivity index (χ4n) is 12.9. The van der Waals surface area contributed by atoms with Crippen LogP contribution < -0.4 is 0 Å². The topological polar surface area (TPSA) is 0 Å². The molecule has 364 valence electrons. The van der Waals surface area contributed by atoms with E-state index in [1.54, 1.807) is 0 Å². The molecule has 0 saturated heterocycles. The fourth-order valence-corrected chi connectivity index (χ4v) is 17.8. The van der Waals surface area contributed by atoms with Gasteiger partial charge in [0.05, 0.1) is 0 Å². The molecule has 0 saturated carbocycles. The zero-order valence-electron chi connectivity index (χ0n) is 42.1. The predicted octanol–water partition coefficient (Wildman–Crippen LogP) is 22.9. The smallest absolute Gasteiger partial charge is 0.0433 e. The van der Waals surface area contributed by atoms with Crippen molar-refractivity contribution in [2.24, 2.45) is 0 Å². The van der Waals surface area contributed by atoms with Gasteiger partial charge in [0.25, 0.3) is 0 Å². The number of hydrogen-bond donors (Lipinski definition) is 0. The van der Waals surface area contributed by atoms with E-state index in [9.17, 15) is 0 Å². The van der Waals surface area contributed by atoms with Gasteiger partial charge in [-0.15, -0.1) is 45.3 Å². The molecule has 4 aromatic heterocycles. The minimum atomic E-state index is 0.988. The molecule has 17 rings (SSSR count). The number of fused-ring (bicyclic) bond motifs is 15. The molecule has 0 spiro atoms. The van der Waals surface area contributed by atoms with Crippen LogP contribution in [0.4, 0.5) is 0 Å². The normalized spacial score (nSPS) is 12.5. The molecule has 0 N–H and O–H groups in total. The number of hydrogen-bond acceptors (Lipinski definition) is 4. The molecular formula is C74H44S4. The summed E-state index contributed by atoms with van der Waals surface area (Å²) in [6.45, 7) is 0. The Kier molecular flexibility index (Phi) is 10.0. The van der Waals surface area contributed by atoms with Gasteiger partial charge in [0.15, 0.2) is 0 Å². The van der Waals surface area contributed by atoms with Crippen LogP contribution >= 0.6 is 45.3 Å². The highest BCUT2D eigenvalue weighted by Crippen LogP contribution is 2.48. The van der Waals surface area contributed by atoms with Crippen molar-refractivity contribution in [3.05, 3.63) is 254 Å². The van der Waals surface area contributed by atoms with Gasteiger partial charge in [-0.25, -0.2) is 0 Å². The third-order valence-electron chi connectivity index (χ3n) is 16.6. The molecule has 1 aliphatic carbocycles. The molecule has 0 bridgehead atoms. The second-order valence-corrected chi connectivity index (χ2v) is 25.2. The number of aryl methyl sites for hydroxylation is 2. The predicted molar refractivity (Wildman–Crippen MR) is 343 cm³/mol. The summed E-state index contributed by atoms with van der Waals surface area (Å²) in [5, 5.41) is 10.6. The molecule has 0 atom stereocenters. The third kappa shape index (κ3) is 7.01. The van der Waals surface area contributed by atoms with Crippen LogP contribution in [0.2, 0.25) is 0 Å². The molecule has 16 aromatic rings. The van der Waals surface area contributed by atoms with E-state index in [4.69, 9.17) is 0 Å². The van der Waals surface area contributed by atoms with Crippen molar-refractivity contribution in [2.45, 2.75) is 12.8 Å². The molecule has 12 aromatic carbocycles. The summed E-state index contributed by atoms with van der Waals surface area (Å²) in [6, 6.07) is 92.1. The first-order chi connectivity index (χ1) is 38.6. The Morgan fingerprint density at radius 2 is 0.462 bits per heavy atom. The second kappa shape index (κ2) is 17.5. The van der Waals surface area contributed by atoms with E-state index in [1.807, 2.05) is 45.3 Å². The zero-order valence-corrected chi connectivity index (χ0v) is 45.4. The molecule has 0 amide bonds. The monoisotopic (exact) mass is 1060 g/mol. The van der Waals surface area contributed by atoms with E-state index in [1.165, 1.54) is 170 Å². The van der Waals surface area contributed by atoms with Crippen LogP contribution in [0, 0.1) is 0 Å². The molecule has 1 aliphatic rings. The molecule has 4 heteroatoms. The van der Waals surface area contributed by atoms with Gasteiger partial charge in [0.1, 0.15) is 0 Å². The van der Waals surface area contributed by atoms with Gasteiger partial charge in [-0.3, -0.25) is 0 Å². The van der Waals surface area contributed by atoms with E-state index < -0.39 is 0 Å². The average Bonchev–Trinajstić information content (AvgIpc) is 4.34. The van der Waals surface area contributed by atoms with E-state index in [-0.39, 0.29) is 0 Å². The van der Waals surface area contributed by atoms with Gasteiger partial charge in [-0.1, -0.05) is 182 Å². The number of benzene rings is 12. The molecule has 0 nitrogen and oxygen atoms in total. The van der Waals surface area contributed by atoms with Crippen molar-refractivity contribution in [1.29, 1.82) is 0 Å². The Morgan fingerprint density at radius 3 is 0.769 bits per heavy atom. The lowest BCUT2D eigenvalue weighted by Gasteiger charge is -2.22. The maximum atomic E-state index is 2.49. The van der Waals surface area contributed by atoms with Gasteiger partial charge in [-0.05, 0) is 163 Å². The Morgan fingerprint density at radius 1 is 0.192 bits per heavy atom. The first-order valence-electron chi connectivity index (χ1n) is 26.8. The van der Waals surface area contributed by atoms with Gasteiger partial charge < -0.3 is 0 Å². The summed E-state index contributed by atoms with van der Waals surface area (Å²) in [7, 11) is 0. The third-order valence-corrected chi connectivity index (χ3v) is 21.4. The standard InChI is InChI=1S/C74H44S4/c1-5-25-67-59(13-1)63-21-9-17-55(71(63)75-67)49-37-47(38-50(41-49)56-18-10-22-64-60-14-2-6-26-68(60)76-72(56)64)43-31-33-53-45(35-43)29-30-46-36-44(32-34-54(46)53)48-39-51(57-19-11-23-65-61-15-3-7-27-69(61)77-73(57)65)42-52(40-48)58-20-12-24-66-62-16-4-8-28-70(62)78-74(58)66/h1-28,31-42H,29-30H2. The molecule has 0 radical (unpaired) electrons. The lowest BCUT2D eigenvalue weighted by Crippen LogP contribution is -2.04. The van der Waals surface area contributed by atoms with Crippen molar-refractivity contribution in [3.63, 3.8) is 0 Å². The van der Waals surface area contributed by atoms with Gasteiger partial charge in [0.2, 0.25) is 0 Å². The van der Waals surface area contributed by atoms with Gasteiger partial charge in [-0.2, -0.15) is 0 Å². The summed E-state index contributed by atoms with van der Waals surface area (Å²) >= 11 is 7.63. The zero-order chi connectivity index (χ0) is 51.0. The maximum Gasteiger partial charge on any atom is 0.0433 e. The van der Waals surface area contributed by atoms with Crippen LogP contribution in [0.5, 0.6) is 0 Å². The minimum absolute atomic E-state index is 0.988. The first-order valence-corrected chi connectivity index (χ1v) is 30.1. The maximum absolute atomic E-state index is 2.49. The Hall–Kier alpha value is -8.48. The molecule has 78 heavy (non-hydrogen) atoms. The molecule has 4 heterocycles. The van der Waals surface area contributed by atoms with Crippen LogP contribution in [-0.4, -0.2) is 0 Å². The SMILES string of the molecule is c1ccc2c(c1)sc1c(-c3cc(-c4ccc5c(c4)CCc4cc(-c6cc(-c7cccc8c7sc7ccccc78)cc(-c7cccc8c7sc7ccccc78)c6)ccc4-5)cc(-c4cccc5c4sc4ccccc45)c3)cccc12. The number of rotatable bonds is 6. The van der Waals surface area contributed by atoms with E-state index in [0.29, 0.717) is 0 Å². The fraction of sp³-hybridized carbons (Fsp3) is 0.0270. The molecular weight excluding hydrogens is 1020 g/mol. The highest BCUT2D eigenvalue weighted by molar-refractivity contribution is 7.27. The minimum Gasteiger partial charge on any atom is -0.135 e. The van der Waals surface area contributed by atoms with Crippen molar-refractivity contribution in [3.8, 4) is 77.9 Å². The van der Waals surface area contributed by atoms with Crippen LogP contribution in [-0.2, 0) is 12.8 Å². The first kappa shape index (κ1) is 44.6. The van der Waals surface area contributed by atoms with Crippen molar-refractivity contribution in [1.82, 2.24) is 0 Å². The lowest BCUT2D eigenvalue weighted by molar-refractivity contribution is 0.943. The van der Waals surface area contributed by atoms with Crippen LogP contribution in [0.3, 0.4) is 0 Å². The van der Waals surface area contributed by atoms with E-state index >= 15 is 0 Å². The second-order valence-electron chi connectivity index (χ2n) is 21.0. The quantitative estimate of drug-likeness (QED) is 0.156. The van der Waals surface area contributed by atoms with Crippen molar-refractivity contribution >= 4 is 126 Å². The van der Waals surface area contributed by atoms with Gasteiger partial charge in [0, 0.05) is 80.7 Å². The Bertz CT molecular complexity index is 4580. The summed E-state index contributed by atoms with van der Waals surface area (Å²) in [6.07, 6.45) is 1.98. The van der Waals surface area contributed by atoms with Crippen LogP contribution in [0.25, 0.3) is 159 Å². The largest absolute Gasteiger partial charge is 0.135 e. The van der Waals surface area contributed by atoms with E-state index in [2.05, 4.69) is 243 Å². The van der Waals surface area contributed by atoms with Crippen molar-refractivity contribution < 1.29 is 0 Å². The molecule has 0 unspecified atom stereocenters. The summed E-state index contributed by atoms with van der Waals surface area (Å²) in [5.74, 6) is 0. The summed E-state index contributed by atoms with van der Waals surface area (Å²) in [5.41, 5.74) is 20.7. The van der Waals surface area contributed by atoms with E-state index in [0.717, 1.165) is 12.8 Å². The summed E-state index contributed by atoms with van der Waals surface area (Å²) < 4.78 is 10.7. The van der Waals surface area contributed by atoms with Crippen molar-refractivity contribution in [2.75, 3.05) is 0 Å². The average molecular weight is 1060 g/mol. The highest BCUT2D eigenvalue weighted by Gasteiger charge is 2.22. The van der Waals surface area contributed by atoms with Crippen LogP contribution in [0.15, 0.2) is 243 Å². The highest BCUT2D eigenvalue weighted by atomic mass is 32.1. The Balaban J connectivity index is 0.793. The lowest BCUT2D eigenvalue weighted by atomic mass is 9.82. The molecule has 0 aliphatic heterocycles. The number of thiophene rings is 4. The molecule has 0 fully saturated rings. The van der Waals surface area contributed by atoms with Gasteiger partial charge >= 0.3 is 0 Å². The van der Waals surface area contributed by atoms with Crippen LogP contribution in [0.1, 0.15) is 11.1 Å². The Labute approximate surface area is 467 Å². The summed E-state index contributed by atoms with van der Waals surface area (Å²) in [4.78, 5) is 0.